The molecule has 2 fully saturated rings. The average Bonchev–Trinajstić information content (AvgIpc) is 3.43. The summed E-state index contributed by atoms with van der Waals surface area (Å²) in [4.78, 5) is 24.3. The van der Waals surface area contributed by atoms with E-state index < -0.39 is 43.9 Å². The van der Waals surface area contributed by atoms with Crippen LogP contribution >= 0.6 is 0 Å². The van der Waals surface area contributed by atoms with Gasteiger partial charge in [0.15, 0.2) is 5.82 Å². The van der Waals surface area contributed by atoms with Gasteiger partial charge in [0.2, 0.25) is 15.8 Å². The maximum absolute atomic E-state index is 15.2. The first-order valence-corrected chi connectivity index (χ1v) is 12.0. The van der Waals surface area contributed by atoms with Crippen LogP contribution in [0, 0.1) is 17.6 Å². The van der Waals surface area contributed by atoms with Crippen molar-refractivity contribution in [2.45, 2.75) is 37.4 Å². The van der Waals surface area contributed by atoms with E-state index in [2.05, 4.69) is 25.0 Å². The molecule has 0 aliphatic heterocycles. The molecule has 2 saturated carbocycles. The maximum Gasteiger partial charge on any atom is 0.235 e. The molecule has 2 aliphatic carbocycles. The molecule has 0 bridgehead atoms. The summed E-state index contributed by atoms with van der Waals surface area (Å²) in [6.07, 6.45) is 6.63. The molecule has 2 aliphatic rings. The van der Waals surface area contributed by atoms with Crippen molar-refractivity contribution in [3.63, 3.8) is 0 Å². The van der Waals surface area contributed by atoms with Gasteiger partial charge in [-0.05, 0) is 43.7 Å². The van der Waals surface area contributed by atoms with Crippen LogP contribution in [0.25, 0.3) is 11.0 Å². The second-order valence-corrected chi connectivity index (χ2v) is 10.2. The third-order valence-corrected chi connectivity index (χ3v) is 7.88. The Bertz CT molecular complexity index is 1320. The zero-order valence-electron chi connectivity index (χ0n) is 17.0. The van der Waals surface area contributed by atoms with Crippen LogP contribution in [-0.2, 0) is 10.0 Å². The summed E-state index contributed by atoms with van der Waals surface area (Å²) >= 11 is 0. The third kappa shape index (κ3) is 3.70. The lowest BCUT2D eigenvalue weighted by atomic mass is 10.0. The van der Waals surface area contributed by atoms with Crippen LogP contribution in [0.5, 0.6) is 0 Å². The first-order chi connectivity index (χ1) is 15.3. The standard InChI is InChI=1S/C21H21F2N5O3S/c22-14-6-7-15(28-32(30,31)12-2-1-3-12)18(23)17(14)19(29)13-9-25-21-16(13)20(26-10-27-21)24-8-11-4-5-11/h6-7,9-12,28H,1-5,8H2,(H2,24,25,26,27). The number of halogens is 2. The fourth-order valence-electron chi connectivity index (χ4n) is 3.73. The van der Waals surface area contributed by atoms with E-state index in [1.165, 1.54) is 12.5 Å². The van der Waals surface area contributed by atoms with Crippen molar-refractivity contribution in [3.8, 4) is 0 Å². The van der Waals surface area contributed by atoms with E-state index in [1.807, 2.05) is 0 Å². The van der Waals surface area contributed by atoms with Crippen LogP contribution in [0.2, 0.25) is 0 Å². The lowest BCUT2D eigenvalue weighted by Crippen LogP contribution is -2.33. The number of carbonyl (C=O) groups excluding carboxylic acids is 1. The molecule has 2 aromatic heterocycles. The van der Waals surface area contributed by atoms with E-state index in [0.717, 1.165) is 31.4 Å². The summed E-state index contributed by atoms with van der Waals surface area (Å²) in [6, 6.07) is 1.87. The molecule has 168 valence electrons. The Labute approximate surface area is 182 Å². The zero-order chi connectivity index (χ0) is 22.5. The summed E-state index contributed by atoms with van der Waals surface area (Å²) in [5.74, 6) is -2.34. The number of aromatic amines is 1. The monoisotopic (exact) mass is 461 g/mol. The minimum atomic E-state index is -3.82. The number of benzene rings is 1. The van der Waals surface area contributed by atoms with E-state index in [0.29, 0.717) is 42.2 Å². The number of anilines is 2. The number of sulfonamides is 1. The largest absolute Gasteiger partial charge is 0.369 e. The normalized spacial score (nSPS) is 16.7. The van der Waals surface area contributed by atoms with Crippen molar-refractivity contribution in [1.29, 1.82) is 0 Å². The molecule has 0 radical (unpaired) electrons. The Hall–Kier alpha value is -3.08. The van der Waals surface area contributed by atoms with E-state index in [-0.39, 0.29) is 5.56 Å². The van der Waals surface area contributed by atoms with Crippen molar-refractivity contribution in [1.82, 2.24) is 15.0 Å². The molecule has 5 rings (SSSR count). The topological polar surface area (TPSA) is 117 Å². The Kier molecular flexibility index (Phi) is 5.07. The molecule has 0 saturated heterocycles. The summed E-state index contributed by atoms with van der Waals surface area (Å²) in [5, 5.41) is 2.89. The molecular weight excluding hydrogens is 440 g/mol. The van der Waals surface area contributed by atoms with Gasteiger partial charge in [0, 0.05) is 12.7 Å². The van der Waals surface area contributed by atoms with Gasteiger partial charge in [-0.25, -0.2) is 27.2 Å². The molecule has 1 aromatic carbocycles. The highest BCUT2D eigenvalue weighted by atomic mass is 32.2. The Morgan fingerprint density at radius 1 is 1.16 bits per heavy atom. The zero-order valence-corrected chi connectivity index (χ0v) is 17.8. The number of aromatic nitrogens is 3. The van der Waals surface area contributed by atoms with E-state index >= 15 is 4.39 Å². The first kappa shape index (κ1) is 20.8. The highest BCUT2D eigenvalue weighted by molar-refractivity contribution is 7.93. The average molecular weight is 461 g/mol. The summed E-state index contributed by atoms with van der Waals surface area (Å²) in [5.41, 5.74) is -0.943. The number of ketones is 1. The summed E-state index contributed by atoms with van der Waals surface area (Å²) in [6.45, 7) is 0.673. The number of carbonyl (C=O) groups is 1. The fraction of sp³-hybridized carbons (Fsp3) is 0.381. The molecule has 0 amide bonds. The Morgan fingerprint density at radius 2 is 1.94 bits per heavy atom. The molecule has 11 heteroatoms. The second kappa shape index (κ2) is 7.80. The molecule has 3 N–H and O–H groups in total. The van der Waals surface area contributed by atoms with Gasteiger partial charge in [-0.3, -0.25) is 9.52 Å². The third-order valence-electron chi connectivity index (χ3n) is 6.03. The highest BCUT2D eigenvalue weighted by Gasteiger charge is 2.33. The van der Waals surface area contributed by atoms with Gasteiger partial charge in [-0.1, -0.05) is 6.42 Å². The number of fused-ring (bicyclic) bond motifs is 1. The van der Waals surface area contributed by atoms with Gasteiger partial charge in [0.1, 0.15) is 23.6 Å². The van der Waals surface area contributed by atoms with E-state index in [9.17, 15) is 17.6 Å². The second-order valence-electron chi connectivity index (χ2n) is 8.29. The minimum Gasteiger partial charge on any atom is -0.369 e. The number of hydrogen-bond acceptors (Lipinski definition) is 6. The molecule has 32 heavy (non-hydrogen) atoms. The molecule has 2 heterocycles. The lowest BCUT2D eigenvalue weighted by molar-refractivity contribution is 0.103. The Balaban J connectivity index is 1.52. The number of rotatable bonds is 8. The summed E-state index contributed by atoms with van der Waals surface area (Å²) < 4.78 is 56.8. The molecule has 0 unspecified atom stereocenters. The van der Waals surface area contributed by atoms with Crippen LogP contribution in [0.15, 0.2) is 24.7 Å². The molecular formula is C21H21F2N5O3S. The van der Waals surface area contributed by atoms with Crippen molar-refractivity contribution in [2.24, 2.45) is 5.92 Å². The molecule has 0 spiro atoms. The van der Waals surface area contributed by atoms with E-state index in [4.69, 9.17) is 0 Å². The number of hydrogen-bond donors (Lipinski definition) is 3. The number of H-pyrrole nitrogens is 1. The van der Waals surface area contributed by atoms with Gasteiger partial charge in [0.25, 0.3) is 0 Å². The van der Waals surface area contributed by atoms with Crippen LogP contribution in [0.4, 0.5) is 20.3 Å². The quantitative estimate of drug-likeness (QED) is 0.442. The van der Waals surface area contributed by atoms with Crippen LogP contribution in [-0.4, -0.2) is 40.9 Å². The predicted octanol–water partition coefficient (Wildman–Crippen LogP) is 3.58. The minimum absolute atomic E-state index is 0.00398. The van der Waals surface area contributed by atoms with Crippen LogP contribution in [0.1, 0.15) is 48.0 Å². The van der Waals surface area contributed by atoms with Gasteiger partial charge in [-0.15, -0.1) is 0 Å². The highest BCUT2D eigenvalue weighted by Crippen LogP contribution is 2.33. The first-order valence-electron chi connectivity index (χ1n) is 10.5. The smallest absolute Gasteiger partial charge is 0.235 e. The Morgan fingerprint density at radius 3 is 2.62 bits per heavy atom. The summed E-state index contributed by atoms with van der Waals surface area (Å²) in [7, 11) is -3.82. The maximum atomic E-state index is 15.2. The predicted molar refractivity (Wildman–Crippen MR) is 115 cm³/mol. The van der Waals surface area contributed by atoms with Gasteiger partial charge in [0.05, 0.1) is 27.5 Å². The van der Waals surface area contributed by atoms with Crippen LogP contribution in [0.3, 0.4) is 0 Å². The SMILES string of the molecule is O=C(c1c(F)ccc(NS(=O)(=O)C2CCC2)c1F)c1c[nH]c2ncnc(NCC3CC3)c12. The fourth-order valence-corrected chi connectivity index (χ4v) is 5.32. The van der Waals surface area contributed by atoms with Gasteiger partial charge >= 0.3 is 0 Å². The van der Waals surface area contributed by atoms with Crippen molar-refractivity contribution in [3.05, 3.63) is 47.4 Å². The van der Waals surface area contributed by atoms with Crippen molar-refractivity contribution < 1.29 is 22.0 Å². The van der Waals surface area contributed by atoms with Crippen molar-refractivity contribution >= 4 is 38.3 Å². The lowest BCUT2D eigenvalue weighted by Gasteiger charge is -2.25. The van der Waals surface area contributed by atoms with Crippen molar-refractivity contribution in [2.75, 3.05) is 16.6 Å². The molecule has 0 atom stereocenters. The van der Waals surface area contributed by atoms with Crippen LogP contribution < -0.4 is 10.0 Å². The molecule has 3 aromatic rings. The number of nitrogens with zero attached hydrogens (tertiary/aromatic N) is 2. The molecule has 8 nitrogen and oxygen atoms in total. The van der Waals surface area contributed by atoms with Gasteiger partial charge in [-0.2, -0.15) is 0 Å². The van der Waals surface area contributed by atoms with E-state index in [1.54, 1.807) is 0 Å². The van der Waals surface area contributed by atoms with Gasteiger partial charge < -0.3 is 10.3 Å². The number of nitrogens with one attached hydrogen (secondary N) is 3.